The lowest BCUT2D eigenvalue weighted by atomic mass is 9.55. The van der Waals surface area contributed by atoms with Crippen LogP contribution in [0.25, 0.3) is 0 Å². The zero-order valence-electron chi connectivity index (χ0n) is 13.6. The molecule has 0 spiro atoms. The van der Waals surface area contributed by atoms with Crippen molar-refractivity contribution in [1.82, 2.24) is 0 Å². The van der Waals surface area contributed by atoms with E-state index in [1.165, 1.54) is 0 Å². The molecule has 9 atom stereocenters. The molecule has 1 saturated carbocycles. The lowest BCUT2D eigenvalue weighted by molar-refractivity contribution is -0.459. The van der Waals surface area contributed by atoms with E-state index in [0.29, 0.717) is 11.8 Å². The van der Waals surface area contributed by atoms with Crippen LogP contribution in [-0.2, 0) is 14.4 Å². The van der Waals surface area contributed by atoms with Crippen molar-refractivity contribution in [3.8, 4) is 0 Å². The second-order valence-electron chi connectivity index (χ2n) is 7.39. The molecule has 0 aromatic carbocycles. The first-order chi connectivity index (χ1) is 10.5. The predicted molar refractivity (Wildman–Crippen MR) is 80.7 cm³/mol. The largest absolute Gasteiger partial charge is 0.368 e. The molecule has 22 heavy (non-hydrogen) atoms. The van der Waals surface area contributed by atoms with E-state index in [2.05, 4.69) is 13.5 Å². The molecule has 3 fully saturated rings. The molecule has 2 heterocycles. The number of allylic oxidation sites excluding steroid dienone is 1. The van der Waals surface area contributed by atoms with Gasteiger partial charge in [0.2, 0.25) is 0 Å². The predicted octanol–water partition coefficient (Wildman–Crippen LogP) is 2.80. The van der Waals surface area contributed by atoms with Crippen molar-refractivity contribution in [2.45, 2.75) is 64.3 Å². The molecule has 5 heteroatoms. The number of hydrogen-bond donors (Lipinski definition) is 2. The first kappa shape index (κ1) is 16.4. The first-order valence-corrected chi connectivity index (χ1v) is 8.39. The Morgan fingerprint density at radius 3 is 2.50 bits per heavy atom. The molecule has 3 rings (SSSR count). The van der Waals surface area contributed by atoms with Gasteiger partial charge in [-0.05, 0) is 43.9 Å². The van der Waals surface area contributed by atoms with E-state index < -0.39 is 18.2 Å². The molecule has 2 saturated heterocycles. The monoisotopic (exact) mass is 312 g/mol. The van der Waals surface area contributed by atoms with Gasteiger partial charge < -0.3 is 14.6 Å². The fraction of sp³-hybridized carbons (Fsp3) is 0.882. The Kier molecular flexibility index (Phi) is 4.38. The van der Waals surface area contributed by atoms with Crippen LogP contribution in [0.4, 0.5) is 0 Å². The van der Waals surface area contributed by atoms with Crippen molar-refractivity contribution < 1.29 is 24.7 Å². The summed E-state index contributed by atoms with van der Waals surface area (Å²) in [7, 11) is 0. The highest BCUT2D eigenvalue weighted by atomic mass is 17.1. The third kappa shape index (κ3) is 2.18. The van der Waals surface area contributed by atoms with Crippen molar-refractivity contribution in [3.63, 3.8) is 0 Å². The SMILES string of the molecule is C=C[C@@H]1CC2[C@@H](C)C(O)O[C@@H]3O[C@@H](C)CCC([C@@H]1C)[C@@]23OO. The second kappa shape index (κ2) is 5.87. The minimum Gasteiger partial charge on any atom is -0.368 e. The number of rotatable bonds is 2. The quantitative estimate of drug-likeness (QED) is 0.466. The highest BCUT2D eigenvalue weighted by molar-refractivity contribution is 5.10. The summed E-state index contributed by atoms with van der Waals surface area (Å²) in [6.45, 7) is 10.1. The highest BCUT2D eigenvalue weighted by Crippen LogP contribution is 2.57. The van der Waals surface area contributed by atoms with Gasteiger partial charge in [-0.2, -0.15) is 0 Å². The molecular weight excluding hydrogens is 284 g/mol. The van der Waals surface area contributed by atoms with Gasteiger partial charge in [0, 0.05) is 11.8 Å². The van der Waals surface area contributed by atoms with Crippen LogP contribution in [-0.4, -0.2) is 34.6 Å². The fourth-order valence-electron chi connectivity index (χ4n) is 5.02. The Labute approximate surface area is 132 Å². The van der Waals surface area contributed by atoms with Gasteiger partial charge in [-0.1, -0.05) is 19.9 Å². The highest BCUT2D eigenvalue weighted by Gasteiger charge is 2.65. The van der Waals surface area contributed by atoms with Crippen LogP contribution in [0.3, 0.4) is 0 Å². The summed E-state index contributed by atoms with van der Waals surface area (Å²) in [5.41, 5.74) is -0.900. The summed E-state index contributed by atoms with van der Waals surface area (Å²) in [4.78, 5) is 5.16. The van der Waals surface area contributed by atoms with E-state index in [-0.39, 0.29) is 23.9 Å². The summed E-state index contributed by atoms with van der Waals surface area (Å²) < 4.78 is 11.7. The second-order valence-corrected chi connectivity index (χ2v) is 7.39. The summed E-state index contributed by atoms with van der Waals surface area (Å²) in [6.07, 6.45) is 3.00. The van der Waals surface area contributed by atoms with E-state index in [0.717, 1.165) is 19.3 Å². The molecule has 0 radical (unpaired) electrons. The molecule has 126 valence electrons. The van der Waals surface area contributed by atoms with Gasteiger partial charge in [0.25, 0.3) is 0 Å². The number of aliphatic hydroxyl groups excluding tert-OH is 1. The molecule has 3 unspecified atom stereocenters. The smallest absolute Gasteiger partial charge is 0.193 e. The molecule has 0 bridgehead atoms. The van der Waals surface area contributed by atoms with Crippen LogP contribution in [0.5, 0.6) is 0 Å². The van der Waals surface area contributed by atoms with Crippen molar-refractivity contribution in [3.05, 3.63) is 12.7 Å². The van der Waals surface area contributed by atoms with Crippen LogP contribution in [0.1, 0.15) is 40.0 Å². The van der Waals surface area contributed by atoms with E-state index in [1.807, 2.05) is 19.9 Å². The average Bonchev–Trinajstić information content (AvgIpc) is 2.64. The average molecular weight is 312 g/mol. The molecular formula is C17H28O5. The standard InChI is InChI=1S/C17H28O5/c1-5-12-8-14-11(4)15(18)21-16-17(14,22-19)13(10(12)3)7-6-9(2)20-16/h5,9-16,18-19H,1,6-8H2,2-4H3/t9-,10+,11+,12+,13?,14?,15?,16-,17+/m0/s1. The zero-order valence-corrected chi connectivity index (χ0v) is 13.6. The van der Waals surface area contributed by atoms with E-state index in [1.54, 1.807) is 0 Å². The molecule has 3 aliphatic rings. The summed E-state index contributed by atoms with van der Waals surface area (Å²) >= 11 is 0. The van der Waals surface area contributed by atoms with Gasteiger partial charge in [0.1, 0.15) is 0 Å². The van der Waals surface area contributed by atoms with E-state index >= 15 is 0 Å². The Bertz CT molecular complexity index is 423. The molecule has 0 aromatic heterocycles. The van der Waals surface area contributed by atoms with Crippen molar-refractivity contribution in [1.29, 1.82) is 0 Å². The Morgan fingerprint density at radius 1 is 1.14 bits per heavy atom. The molecule has 0 aromatic rings. The van der Waals surface area contributed by atoms with Crippen LogP contribution in [0, 0.1) is 29.6 Å². The maximum atomic E-state index is 10.3. The van der Waals surface area contributed by atoms with Crippen molar-refractivity contribution in [2.75, 3.05) is 0 Å². The minimum atomic E-state index is -0.900. The summed E-state index contributed by atoms with van der Waals surface area (Å²) in [5, 5.41) is 20.2. The third-order valence-corrected chi connectivity index (χ3v) is 6.41. The van der Waals surface area contributed by atoms with Gasteiger partial charge in [-0.3, -0.25) is 5.26 Å². The Hall–Kier alpha value is -0.460. The van der Waals surface area contributed by atoms with Gasteiger partial charge >= 0.3 is 0 Å². The van der Waals surface area contributed by atoms with Crippen molar-refractivity contribution in [2.24, 2.45) is 29.6 Å². The third-order valence-electron chi connectivity index (χ3n) is 6.41. The Balaban J connectivity index is 2.08. The van der Waals surface area contributed by atoms with Gasteiger partial charge in [-0.25, -0.2) is 4.89 Å². The lowest BCUT2D eigenvalue weighted by Crippen LogP contribution is -2.68. The first-order valence-electron chi connectivity index (χ1n) is 8.39. The fourth-order valence-corrected chi connectivity index (χ4v) is 5.02. The molecule has 0 amide bonds. The zero-order chi connectivity index (χ0) is 16.1. The molecule has 2 N–H and O–H groups in total. The van der Waals surface area contributed by atoms with Crippen LogP contribution in [0.15, 0.2) is 12.7 Å². The van der Waals surface area contributed by atoms with Crippen LogP contribution < -0.4 is 0 Å². The molecule has 5 nitrogen and oxygen atoms in total. The van der Waals surface area contributed by atoms with Gasteiger partial charge in [0.05, 0.1) is 6.10 Å². The molecule has 1 aliphatic carbocycles. The number of ether oxygens (including phenoxy) is 2. The number of aliphatic hydroxyl groups is 1. The van der Waals surface area contributed by atoms with E-state index in [9.17, 15) is 10.4 Å². The lowest BCUT2D eigenvalue weighted by Gasteiger charge is -2.58. The maximum absolute atomic E-state index is 10.3. The van der Waals surface area contributed by atoms with Crippen LogP contribution in [0.2, 0.25) is 0 Å². The maximum Gasteiger partial charge on any atom is 0.193 e. The van der Waals surface area contributed by atoms with Crippen molar-refractivity contribution >= 4 is 0 Å². The minimum absolute atomic E-state index is 0.0123. The van der Waals surface area contributed by atoms with E-state index in [4.69, 9.17) is 14.4 Å². The van der Waals surface area contributed by atoms with Gasteiger partial charge in [-0.15, -0.1) is 6.58 Å². The summed E-state index contributed by atoms with van der Waals surface area (Å²) in [5.74, 6) is 0.631. The van der Waals surface area contributed by atoms with Crippen LogP contribution >= 0.6 is 0 Å². The normalized spacial score (nSPS) is 55.1. The topological polar surface area (TPSA) is 68.2 Å². The summed E-state index contributed by atoms with van der Waals surface area (Å²) in [6, 6.07) is 0. The number of hydrogen-bond acceptors (Lipinski definition) is 5. The van der Waals surface area contributed by atoms with Gasteiger partial charge in [0.15, 0.2) is 18.2 Å². The Morgan fingerprint density at radius 2 is 1.86 bits per heavy atom. The molecule has 2 aliphatic heterocycles.